The number of Topliss-reactive ketones (excluding diaryl/α,β-unsaturated/α-hetero) is 1. The van der Waals surface area contributed by atoms with Gasteiger partial charge in [0.2, 0.25) is 0 Å². The van der Waals surface area contributed by atoms with Crippen molar-refractivity contribution in [2.75, 3.05) is 0 Å². The molecule has 0 bridgehead atoms. The smallest absolute Gasteiger partial charge is 0.299 e. The minimum Gasteiger partial charge on any atom is -0.299 e. The molecule has 1 aromatic carbocycles. The van der Waals surface area contributed by atoms with Gasteiger partial charge in [-0.3, -0.25) is 4.79 Å². The molecular weight excluding hydrogens is 277 g/mol. The fraction of sp³-hybridized carbons (Fsp3) is 0.588. The fourth-order valence-corrected chi connectivity index (χ4v) is 3.41. The second-order valence-electron chi connectivity index (χ2n) is 6.46. The van der Waals surface area contributed by atoms with Crippen molar-refractivity contribution in [3.63, 3.8) is 0 Å². The van der Waals surface area contributed by atoms with Gasteiger partial charge >= 0.3 is 6.18 Å². The lowest BCUT2D eigenvalue weighted by Crippen LogP contribution is -2.27. The third-order valence-electron chi connectivity index (χ3n) is 4.27. The summed E-state index contributed by atoms with van der Waals surface area (Å²) in [6.07, 6.45) is -1.39. The van der Waals surface area contributed by atoms with Gasteiger partial charge in [-0.25, -0.2) is 0 Å². The van der Waals surface area contributed by atoms with E-state index in [0.717, 1.165) is 31.4 Å². The van der Waals surface area contributed by atoms with E-state index in [-0.39, 0.29) is 18.1 Å². The molecule has 0 N–H and O–H groups in total. The van der Waals surface area contributed by atoms with Crippen LogP contribution in [0.3, 0.4) is 0 Å². The van der Waals surface area contributed by atoms with E-state index in [4.69, 9.17) is 0 Å². The lowest BCUT2D eigenvalue weighted by atomic mass is 9.74. The van der Waals surface area contributed by atoms with Crippen molar-refractivity contribution in [3.05, 3.63) is 35.4 Å². The summed E-state index contributed by atoms with van der Waals surface area (Å²) in [5.41, 5.74) is -0.223. The van der Waals surface area contributed by atoms with Gasteiger partial charge in [-0.1, -0.05) is 32.0 Å². The Hall–Kier alpha value is -1.32. The van der Waals surface area contributed by atoms with Crippen LogP contribution in [0.1, 0.15) is 44.2 Å². The molecule has 4 heteroatoms. The molecule has 1 fully saturated rings. The number of carbonyl (C=O) groups excluding carboxylic acids is 1. The molecule has 1 aromatic rings. The summed E-state index contributed by atoms with van der Waals surface area (Å²) >= 11 is 0. The first kappa shape index (κ1) is 16.1. The summed E-state index contributed by atoms with van der Waals surface area (Å²) in [6.45, 7) is 4.28. The van der Waals surface area contributed by atoms with Gasteiger partial charge in [0, 0.05) is 12.3 Å². The highest BCUT2D eigenvalue weighted by Gasteiger charge is 2.31. The lowest BCUT2D eigenvalue weighted by Gasteiger charge is -2.30. The van der Waals surface area contributed by atoms with Crippen molar-refractivity contribution in [2.45, 2.75) is 45.7 Å². The van der Waals surface area contributed by atoms with E-state index in [2.05, 4.69) is 13.8 Å². The number of ketones is 1. The van der Waals surface area contributed by atoms with Crippen LogP contribution in [0.25, 0.3) is 0 Å². The van der Waals surface area contributed by atoms with Crippen LogP contribution in [0.5, 0.6) is 0 Å². The van der Waals surface area contributed by atoms with Gasteiger partial charge in [0.05, 0.1) is 5.56 Å². The Morgan fingerprint density at radius 3 is 2.33 bits per heavy atom. The Balaban J connectivity index is 2.06. The second kappa shape index (κ2) is 6.20. The Bertz CT molecular complexity index is 497. The van der Waals surface area contributed by atoms with Crippen LogP contribution < -0.4 is 0 Å². The highest BCUT2D eigenvalue weighted by Crippen LogP contribution is 2.34. The maximum absolute atomic E-state index is 12.7. The number of alkyl halides is 3. The highest BCUT2D eigenvalue weighted by atomic mass is 19.4. The van der Waals surface area contributed by atoms with Gasteiger partial charge in [0.15, 0.2) is 0 Å². The Morgan fingerprint density at radius 1 is 1.14 bits per heavy atom. The molecule has 1 saturated carbocycles. The van der Waals surface area contributed by atoms with E-state index in [1.54, 1.807) is 6.07 Å². The Labute approximate surface area is 123 Å². The monoisotopic (exact) mass is 298 g/mol. The number of hydrogen-bond donors (Lipinski definition) is 0. The number of hydrogen-bond acceptors (Lipinski definition) is 1. The summed E-state index contributed by atoms with van der Waals surface area (Å²) < 4.78 is 38.0. The standard InChI is InChI=1S/C17H21F3O/c1-11-6-12(2)8-14(7-11)16(21)10-13-4-3-5-15(9-13)17(18,19)20/h3-5,9,11-12,14H,6-8,10H2,1-2H3. The zero-order chi connectivity index (χ0) is 15.6. The van der Waals surface area contributed by atoms with Crippen LogP contribution in [0.4, 0.5) is 13.2 Å². The summed E-state index contributed by atoms with van der Waals surface area (Å²) in [4.78, 5) is 12.3. The van der Waals surface area contributed by atoms with Crippen molar-refractivity contribution < 1.29 is 18.0 Å². The van der Waals surface area contributed by atoms with E-state index in [1.165, 1.54) is 6.07 Å². The molecular formula is C17H21F3O. The van der Waals surface area contributed by atoms with Gasteiger partial charge in [-0.2, -0.15) is 13.2 Å². The lowest BCUT2D eigenvalue weighted by molar-refractivity contribution is -0.137. The minimum absolute atomic E-state index is 0.00158. The van der Waals surface area contributed by atoms with Gasteiger partial charge in [0.1, 0.15) is 5.78 Å². The molecule has 0 radical (unpaired) electrons. The third kappa shape index (κ3) is 4.32. The largest absolute Gasteiger partial charge is 0.416 e. The van der Waals surface area contributed by atoms with Crippen molar-refractivity contribution in [1.82, 2.24) is 0 Å². The van der Waals surface area contributed by atoms with Gasteiger partial charge in [-0.15, -0.1) is 0 Å². The molecule has 2 atom stereocenters. The maximum atomic E-state index is 12.7. The van der Waals surface area contributed by atoms with Crippen molar-refractivity contribution in [2.24, 2.45) is 17.8 Å². The van der Waals surface area contributed by atoms with Crippen molar-refractivity contribution >= 4 is 5.78 Å². The number of halogens is 3. The molecule has 1 nitrogen and oxygen atoms in total. The van der Waals surface area contributed by atoms with Crippen LogP contribution in [-0.2, 0) is 17.4 Å². The second-order valence-corrected chi connectivity index (χ2v) is 6.46. The van der Waals surface area contributed by atoms with Crippen LogP contribution in [0.15, 0.2) is 24.3 Å². The van der Waals surface area contributed by atoms with E-state index in [9.17, 15) is 18.0 Å². The van der Waals surface area contributed by atoms with Crippen LogP contribution in [0, 0.1) is 17.8 Å². The average Bonchev–Trinajstić information content (AvgIpc) is 2.37. The van der Waals surface area contributed by atoms with Crippen LogP contribution >= 0.6 is 0 Å². The van der Waals surface area contributed by atoms with E-state index in [0.29, 0.717) is 17.4 Å². The first-order valence-electron chi connectivity index (χ1n) is 7.44. The molecule has 2 unspecified atom stereocenters. The number of carbonyl (C=O) groups is 1. The van der Waals surface area contributed by atoms with Gasteiger partial charge in [-0.05, 0) is 42.7 Å². The molecule has 0 saturated heterocycles. The topological polar surface area (TPSA) is 17.1 Å². The zero-order valence-electron chi connectivity index (χ0n) is 12.4. The maximum Gasteiger partial charge on any atom is 0.416 e. The molecule has 2 rings (SSSR count). The number of benzene rings is 1. The summed E-state index contributed by atoms with van der Waals surface area (Å²) in [5, 5.41) is 0. The fourth-order valence-electron chi connectivity index (χ4n) is 3.41. The zero-order valence-corrected chi connectivity index (χ0v) is 12.4. The Morgan fingerprint density at radius 2 is 1.76 bits per heavy atom. The highest BCUT2D eigenvalue weighted by molar-refractivity contribution is 5.83. The molecule has 0 spiro atoms. The predicted octanol–water partition coefficient (Wildman–Crippen LogP) is 4.89. The van der Waals surface area contributed by atoms with Gasteiger partial charge in [0.25, 0.3) is 0 Å². The van der Waals surface area contributed by atoms with Crippen molar-refractivity contribution in [3.8, 4) is 0 Å². The van der Waals surface area contributed by atoms with Gasteiger partial charge < -0.3 is 0 Å². The Kier molecular flexibility index (Phi) is 4.74. The van der Waals surface area contributed by atoms with E-state index < -0.39 is 11.7 Å². The molecule has 0 amide bonds. The summed E-state index contributed by atoms with van der Waals surface area (Å²) in [7, 11) is 0. The van der Waals surface area contributed by atoms with E-state index >= 15 is 0 Å². The van der Waals surface area contributed by atoms with Crippen molar-refractivity contribution in [1.29, 1.82) is 0 Å². The minimum atomic E-state index is -4.35. The predicted molar refractivity (Wildman–Crippen MR) is 75.8 cm³/mol. The molecule has 0 heterocycles. The normalized spacial score (nSPS) is 26.6. The summed E-state index contributed by atoms with van der Waals surface area (Å²) in [5.74, 6) is 1.11. The molecule has 21 heavy (non-hydrogen) atoms. The molecule has 0 aliphatic heterocycles. The number of rotatable bonds is 3. The quantitative estimate of drug-likeness (QED) is 0.776. The third-order valence-corrected chi connectivity index (χ3v) is 4.27. The average molecular weight is 298 g/mol. The first-order chi connectivity index (χ1) is 9.75. The first-order valence-corrected chi connectivity index (χ1v) is 7.44. The molecule has 1 aliphatic rings. The molecule has 116 valence electrons. The summed E-state index contributed by atoms with van der Waals surface area (Å²) in [6, 6.07) is 5.10. The molecule has 1 aliphatic carbocycles. The van der Waals surface area contributed by atoms with Crippen LogP contribution in [0.2, 0.25) is 0 Å². The van der Waals surface area contributed by atoms with E-state index in [1.807, 2.05) is 0 Å². The molecule has 0 aromatic heterocycles. The van der Waals surface area contributed by atoms with Crippen LogP contribution in [-0.4, -0.2) is 5.78 Å². The SMILES string of the molecule is CC1CC(C)CC(C(=O)Cc2cccc(C(F)(F)F)c2)C1.